The minimum absolute atomic E-state index is 0.0764. The molecule has 0 bridgehead atoms. The van der Waals surface area contributed by atoms with Crippen molar-refractivity contribution in [1.82, 2.24) is 9.79 Å². The largest absolute Gasteiger partial charge is 0.351 e. The Morgan fingerprint density at radius 3 is 2.50 bits per heavy atom. The van der Waals surface area contributed by atoms with Crippen LogP contribution in [0.15, 0.2) is 53.4 Å². The van der Waals surface area contributed by atoms with Crippen LogP contribution in [0.4, 0.5) is 0 Å². The van der Waals surface area contributed by atoms with Crippen LogP contribution in [0.5, 0.6) is 0 Å². The van der Waals surface area contributed by atoms with Gasteiger partial charge in [-0.15, -0.1) is 0 Å². The first-order valence-electron chi connectivity index (χ1n) is 7.93. The molecule has 0 saturated carbocycles. The molecule has 2 aromatic carbocycles. The van der Waals surface area contributed by atoms with Crippen LogP contribution < -0.4 is 5.32 Å². The molecule has 0 aliphatic carbocycles. The summed E-state index contributed by atoms with van der Waals surface area (Å²) >= 11 is 6.09. The van der Waals surface area contributed by atoms with Gasteiger partial charge in [-0.3, -0.25) is 9.63 Å². The van der Waals surface area contributed by atoms with E-state index in [-0.39, 0.29) is 21.4 Å². The second-order valence-electron chi connectivity index (χ2n) is 5.76. The lowest BCUT2D eigenvalue weighted by atomic mass is 10.0. The Bertz CT molecular complexity index is 872. The number of amides is 1. The van der Waals surface area contributed by atoms with Crippen molar-refractivity contribution < 1.29 is 18.0 Å². The van der Waals surface area contributed by atoms with Gasteiger partial charge in [0.25, 0.3) is 15.9 Å². The zero-order valence-corrected chi connectivity index (χ0v) is 16.3. The number of carbonyl (C=O) groups excluding carboxylic acids is 1. The Kier molecular flexibility index (Phi) is 6.77. The van der Waals surface area contributed by atoms with Gasteiger partial charge in [0.1, 0.15) is 0 Å². The Morgan fingerprint density at radius 2 is 1.88 bits per heavy atom. The number of rotatable bonds is 7. The summed E-state index contributed by atoms with van der Waals surface area (Å²) in [7, 11) is -1.35. The molecule has 0 aliphatic rings. The van der Waals surface area contributed by atoms with Gasteiger partial charge in [-0.25, -0.2) is 8.42 Å². The number of benzene rings is 2. The van der Waals surface area contributed by atoms with Crippen LogP contribution in [0.2, 0.25) is 5.02 Å². The molecule has 1 atom stereocenters. The summed E-state index contributed by atoms with van der Waals surface area (Å²) in [6, 6.07) is 13.7. The van der Waals surface area contributed by atoms with Gasteiger partial charge < -0.3 is 5.32 Å². The summed E-state index contributed by atoms with van der Waals surface area (Å²) < 4.78 is 25.4. The van der Waals surface area contributed by atoms with E-state index in [0.717, 1.165) is 10.0 Å². The van der Waals surface area contributed by atoms with Crippen molar-refractivity contribution in [1.29, 1.82) is 0 Å². The first kappa shape index (κ1) is 20.4. The van der Waals surface area contributed by atoms with Crippen LogP contribution in [0.25, 0.3) is 0 Å². The van der Waals surface area contributed by atoms with Gasteiger partial charge in [0.05, 0.1) is 22.6 Å². The third-order valence-electron chi connectivity index (χ3n) is 4.01. The number of halogens is 1. The van der Waals surface area contributed by atoms with Gasteiger partial charge in [-0.05, 0) is 29.7 Å². The fourth-order valence-electron chi connectivity index (χ4n) is 2.33. The molecule has 2 aromatic rings. The molecule has 0 saturated heterocycles. The van der Waals surface area contributed by atoms with E-state index in [1.807, 2.05) is 37.3 Å². The molecule has 140 valence electrons. The van der Waals surface area contributed by atoms with E-state index in [4.69, 9.17) is 16.4 Å². The summed E-state index contributed by atoms with van der Waals surface area (Å²) in [6.07, 6.45) is 0. The predicted octanol–water partition coefficient (Wildman–Crippen LogP) is 3.06. The first-order valence-corrected chi connectivity index (χ1v) is 9.75. The number of nitrogens with one attached hydrogen (secondary N) is 1. The molecule has 1 N–H and O–H groups in total. The average Bonchev–Trinajstić information content (AvgIpc) is 2.65. The van der Waals surface area contributed by atoms with E-state index < -0.39 is 15.9 Å². The van der Waals surface area contributed by atoms with Gasteiger partial charge in [-0.2, -0.15) is 0 Å². The second-order valence-corrected chi connectivity index (χ2v) is 8.10. The van der Waals surface area contributed by atoms with Crippen LogP contribution in [-0.4, -0.2) is 39.5 Å². The topological polar surface area (TPSA) is 75.7 Å². The maximum absolute atomic E-state index is 12.5. The highest BCUT2D eigenvalue weighted by Gasteiger charge is 2.23. The lowest BCUT2D eigenvalue weighted by Gasteiger charge is -2.16. The number of hydrogen-bond acceptors (Lipinski definition) is 4. The number of hydrogen-bond donors (Lipinski definition) is 1. The molecule has 6 nitrogen and oxygen atoms in total. The van der Waals surface area contributed by atoms with Gasteiger partial charge in [0.2, 0.25) is 0 Å². The zero-order valence-electron chi connectivity index (χ0n) is 14.8. The lowest BCUT2D eigenvalue weighted by Crippen LogP contribution is -2.29. The molecule has 0 spiro atoms. The van der Waals surface area contributed by atoms with E-state index in [1.54, 1.807) is 0 Å². The number of nitrogens with zero attached hydrogens (tertiary/aromatic N) is 1. The van der Waals surface area contributed by atoms with Gasteiger partial charge in [0.15, 0.2) is 0 Å². The van der Waals surface area contributed by atoms with E-state index in [2.05, 4.69) is 5.32 Å². The minimum Gasteiger partial charge on any atom is -0.351 e. The number of hydroxylamine groups is 1. The molecule has 2 rings (SSSR count). The fraction of sp³-hybridized carbons (Fsp3) is 0.278. The summed E-state index contributed by atoms with van der Waals surface area (Å²) in [5.41, 5.74) is 1.19. The van der Waals surface area contributed by atoms with Crippen molar-refractivity contribution >= 4 is 27.5 Å². The van der Waals surface area contributed by atoms with Gasteiger partial charge in [0, 0.05) is 13.6 Å². The van der Waals surface area contributed by atoms with Crippen molar-refractivity contribution in [2.45, 2.75) is 17.7 Å². The van der Waals surface area contributed by atoms with Crippen molar-refractivity contribution in [2.24, 2.45) is 0 Å². The van der Waals surface area contributed by atoms with Crippen LogP contribution >= 0.6 is 11.6 Å². The SMILES string of the molecule is CON(C)S(=O)(=O)c1ccc(Cl)c(C(=O)NC[C@@H](C)c2ccccc2)c1. The van der Waals surface area contributed by atoms with E-state index in [9.17, 15) is 13.2 Å². The number of carbonyl (C=O) groups is 1. The molecule has 0 aliphatic heterocycles. The van der Waals surface area contributed by atoms with Crippen molar-refractivity contribution in [3.05, 3.63) is 64.7 Å². The van der Waals surface area contributed by atoms with Crippen LogP contribution in [0.1, 0.15) is 28.8 Å². The third-order valence-corrected chi connectivity index (χ3v) is 6.02. The Hall–Kier alpha value is -1.93. The minimum atomic E-state index is -3.86. The van der Waals surface area contributed by atoms with Crippen molar-refractivity contribution in [3.8, 4) is 0 Å². The quantitative estimate of drug-likeness (QED) is 0.730. The normalized spacial score (nSPS) is 12.8. The summed E-state index contributed by atoms with van der Waals surface area (Å²) in [4.78, 5) is 17.1. The molecule has 0 aromatic heterocycles. The molecule has 26 heavy (non-hydrogen) atoms. The summed E-state index contributed by atoms with van der Waals surface area (Å²) in [6.45, 7) is 2.39. The smallest absolute Gasteiger partial charge is 0.264 e. The molecule has 8 heteroatoms. The molecular weight excluding hydrogens is 376 g/mol. The Labute approximate surface area is 158 Å². The molecule has 0 fully saturated rings. The molecule has 0 radical (unpaired) electrons. The Morgan fingerprint density at radius 1 is 1.23 bits per heavy atom. The molecular formula is C18H21ClN2O4S. The predicted molar refractivity (Wildman–Crippen MR) is 101 cm³/mol. The second kappa shape index (κ2) is 8.64. The van der Waals surface area contributed by atoms with E-state index in [0.29, 0.717) is 6.54 Å². The average molecular weight is 397 g/mol. The standard InChI is InChI=1S/C18H21ClN2O4S/c1-13(14-7-5-4-6-8-14)12-20-18(22)16-11-15(9-10-17(16)19)26(23,24)21(2)25-3/h4-11,13H,12H2,1-3H3,(H,20,22)/t13-/m1/s1. The van der Waals surface area contributed by atoms with Gasteiger partial charge >= 0.3 is 0 Å². The van der Waals surface area contributed by atoms with Crippen LogP contribution in [0, 0.1) is 0 Å². The van der Waals surface area contributed by atoms with Crippen molar-refractivity contribution in [2.75, 3.05) is 20.7 Å². The first-order chi connectivity index (χ1) is 12.3. The van der Waals surface area contributed by atoms with Crippen LogP contribution in [0.3, 0.4) is 0 Å². The van der Waals surface area contributed by atoms with E-state index in [1.165, 1.54) is 32.4 Å². The maximum atomic E-state index is 12.5. The van der Waals surface area contributed by atoms with Crippen molar-refractivity contribution in [3.63, 3.8) is 0 Å². The zero-order chi connectivity index (χ0) is 19.3. The summed E-state index contributed by atoms with van der Waals surface area (Å²) in [5.74, 6) is -0.333. The molecule has 0 unspecified atom stereocenters. The monoisotopic (exact) mass is 396 g/mol. The molecule has 1 amide bonds. The fourth-order valence-corrected chi connectivity index (χ4v) is 3.53. The van der Waals surface area contributed by atoms with Gasteiger partial charge in [-0.1, -0.05) is 53.3 Å². The highest BCUT2D eigenvalue weighted by Crippen LogP contribution is 2.23. The number of sulfonamides is 1. The van der Waals surface area contributed by atoms with Crippen LogP contribution in [-0.2, 0) is 14.9 Å². The highest BCUT2D eigenvalue weighted by molar-refractivity contribution is 7.89. The lowest BCUT2D eigenvalue weighted by molar-refractivity contribution is -0.0258. The highest BCUT2D eigenvalue weighted by atomic mass is 35.5. The van der Waals surface area contributed by atoms with E-state index >= 15 is 0 Å². The third kappa shape index (κ3) is 4.62. The molecule has 0 heterocycles. The maximum Gasteiger partial charge on any atom is 0.264 e. The summed E-state index contributed by atoms with van der Waals surface area (Å²) in [5, 5.41) is 2.97. The Balaban J connectivity index is 2.17.